The first-order valence-electron chi connectivity index (χ1n) is 5.10. The van der Waals surface area contributed by atoms with Crippen LogP contribution in [-0.4, -0.2) is 39.8 Å². The summed E-state index contributed by atoms with van der Waals surface area (Å²) in [4.78, 5) is 19.3. The zero-order valence-electron chi connectivity index (χ0n) is 9.91. The highest BCUT2D eigenvalue weighted by Gasteiger charge is 2.13. The molecule has 8 heteroatoms. The molecule has 0 unspecified atom stereocenters. The van der Waals surface area contributed by atoms with Crippen molar-refractivity contribution >= 4 is 11.6 Å². The fraction of sp³-hybridized carbons (Fsp3) is 0.200. The van der Waals surface area contributed by atoms with Crippen LogP contribution in [0.3, 0.4) is 0 Å². The van der Waals surface area contributed by atoms with E-state index in [1.54, 1.807) is 12.3 Å². The van der Waals surface area contributed by atoms with Gasteiger partial charge in [0, 0.05) is 13.2 Å². The number of amides is 1. The summed E-state index contributed by atoms with van der Waals surface area (Å²) in [5, 5.41) is 6.55. The topological polar surface area (TPSA) is 108 Å². The Labute approximate surface area is 103 Å². The molecule has 0 saturated heterocycles. The number of nitrogens with zero attached hydrogens (tertiary/aromatic N) is 4. The van der Waals surface area contributed by atoms with Crippen molar-refractivity contribution in [2.45, 2.75) is 0 Å². The van der Waals surface area contributed by atoms with Crippen molar-refractivity contribution in [1.82, 2.24) is 25.1 Å². The van der Waals surface area contributed by atoms with Gasteiger partial charge in [-0.25, -0.2) is 9.67 Å². The van der Waals surface area contributed by atoms with Crippen molar-refractivity contribution < 1.29 is 9.53 Å². The van der Waals surface area contributed by atoms with Gasteiger partial charge in [0.25, 0.3) is 5.91 Å². The molecule has 1 amide bonds. The van der Waals surface area contributed by atoms with Gasteiger partial charge in [-0.2, -0.15) is 10.1 Å². The molecule has 8 nitrogen and oxygen atoms in total. The molecule has 0 saturated carbocycles. The largest absolute Gasteiger partial charge is 0.479 e. The summed E-state index contributed by atoms with van der Waals surface area (Å²) in [5.41, 5.74) is 6.36. The van der Waals surface area contributed by atoms with Crippen molar-refractivity contribution in [3.05, 3.63) is 24.3 Å². The minimum atomic E-state index is -0.284. The van der Waals surface area contributed by atoms with E-state index in [-0.39, 0.29) is 23.2 Å². The Bertz CT molecular complexity index is 579. The summed E-state index contributed by atoms with van der Waals surface area (Å²) in [7, 11) is 2.99. The molecule has 2 aromatic heterocycles. The Morgan fingerprint density at radius 1 is 1.50 bits per heavy atom. The summed E-state index contributed by atoms with van der Waals surface area (Å²) >= 11 is 0. The van der Waals surface area contributed by atoms with Crippen LogP contribution in [0.1, 0.15) is 10.5 Å². The molecule has 0 spiro atoms. The quantitative estimate of drug-likeness (QED) is 0.766. The fourth-order valence-electron chi connectivity index (χ4n) is 1.41. The van der Waals surface area contributed by atoms with Crippen LogP contribution in [0.25, 0.3) is 5.82 Å². The molecule has 2 rings (SSSR count). The van der Waals surface area contributed by atoms with E-state index in [1.165, 1.54) is 25.2 Å². The summed E-state index contributed by atoms with van der Waals surface area (Å²) in [6, 6.07) is 1.56. The molecule has 94 valence electrons. The van der Waals surface area contributed by atoms with Crippen molar-refractivity contribution in [3.63, 3.8) is 0 Å². The standard InChI is InChI=1S/C10H12N6O2/c1-12-9(17)6-3-4-16(15-6)8-7(11)10(18-2)14-5-13-8/h3-5H,11H2,1-2H3,(H,12,17). The van der Waals surface area contributed by atoms with E-state index in [9.17, 15) is 4.79 Å². The molecule has 0 fully saturated rings. The lowest BCUT2D eigenvalue weighted by Crippen LogP contribution is -2.18. The number of anilines is 1. The smallest absolute Gasteiger partial charge is 0.271 e. The predicted molar refractivity (Wildman–Crippen MR) is 63.5 cm³/mol. The number of carbonyl (C=O) groups excluding carboxylic acids is 1. The first-order valence-corrected chi connectivity index (χ1v) is 5.10. The maximum absolute atomic E-state index is 11.4. The highest BCUT2D eigenvalue weighted by Crippen LogP contribution is 2.22. The summed E-state index contributed by atoms with van der Waals surface area (Å²) in [6.45, 7) is 0. The number of hydrogen-bond acceptors (Lipinski definition) is 6. The van der Waals surface area contributed by atoms with E-state index in [0.29, 0.717) is 5.82 Å². The number of aromatic nitrogens is 4. The maximum atomic E-state index is 11.4. The van der Waals surface area contributed by atoms with Crippen LogP contribution >= 0.6 is 0 Å². The van der Waals surface area contributed by atoms with Gasteiger partial charge < -0.3 is 15.8 Å². The second-order valence-electron chi connectivity index (χ2n) is 3.34. The summed E-state index contributed by atoms with van der Waals surface area (Å²) in [6.07, 6.45) is 2.90. The fourth-order valence-corrected chi connectivity index (χ4v) is 1.41. The third-order valence-electron chi connectivity index (χ3n) is 2.29. The lowest BCUT2D eigenvalue weighted by atomic mass is 10.4. The van der Waals surface area contributed by atoms with Gasteiger partial charge in [0.1, 0.15) is 12.0 Å². The van der Waals surface area contributed by atoms with Crippen molar-refractivity contribution in [2.75, 3.05) is 19.9 Å². The number of nitrogens with two attached hydrogens (primary N) is 1. The third-order valence-corrected chi connectivity index (χ3v) is 2.29. The second kappa shape index (κ2) is 4.70. The zero-order valence-corrected chi connectivity index (χ0v) is 9.91. The van der Waals surface area contributed by atoms with Gasteiger partial charge in [-0.05, 0) is 6.07 Å². The van der Waals surface area contributed by atoms with Gasteiger partial charge in [0.05, 0.1) is 7.11 Å². The van der Waals surface area contributed by atoms with Crippen molar-refractivity contribution in [3.8, 4) is 11.7 Å². The van der Waals surface area contributed by atoms with E-state index >= 15 is 0 Å². The molecule has 3 N–H and O–H groups in total. The third kappa shape index (κ3) is 1.95. The van der Waals surface area contributed by atoms with Gasteiger partial charge in [-0.1, -0.05) is 0 Å². The number of methoxy groups -OCH3 is 1. The van der Waals surface area contributed by atoms with E-state index in [1.807, 2.05) is 0 Å². The molecule has 0 radical (unpaired) electrons. The van der Waals surface area contributed by atoms with Gasteiger partial charge in [0.15, 0.2) is 11.5 Å². The SMILES string of the molecule is CNC(=O)c1ccn(-c2ncnc(OC)c2N)n1. The molecule has 2 heterocycles. The molecule has 0 aliphatic carbocycles. The average molecular weight is 248 g/mol. The van der Waals surface area contributed by atoms with Crippen LogP contribution in [0, 0.1) is 0 Å². The van der Waals surface area contributed by atoms with E-state index in [2.05, 4.69) is 20.4 Å². The van der Waals surface area contributed by atoms with E-state index in [0.717, 1.165) is 0 Å². The van der Waals surface area contributed by atoms with Gasteiger partial charge in [0.2, 0.25) is 5.88 Å². The Balaban J connectivity index is 2.43. The molecule has 0 aliphatic rings. The number of hydrogen-bond donors (Lipinski definition) is 2. The van der Waals surface area contributed by atoms with Crippen LogP contribution < -0.4 is 15.8 Å². The number of nitrogens with one attached hydrogen (secondary N) is 1. The van der Waals surface area contributed by atoms with Crippen LogP contribution in [0.4, 0.5) is 5.69 Å². The highest BCUT2D eigenvalue weighted by atomic mass is 16.5. The molecule has 2 aromatic rings. The zero-order chi connectivity index (χ0) is 13.1. The molecular weight excluding hydrogens is 236 g/mol. The van der Waals surface area contributed by atoms with Gasteiger partial charge >= 0.3 is 0 Å². The monoisotopic (exact) mass is 248 g/mol. The lowest BCUT2D eigenvalue weighted by molar-refractivity contribution is 0.0957. The molecule has 0 aliphatic heterocycles. The van der Waals surface area contributed by atoms with Gasteiger partial charge in [-0.3, -0.25) is 4.79 Å². The highest BCUT2D eigenvalue weighted by molar-refractivity contribution is 5.91. The second-order valence-corrected chi connectivity index (χ2v) is 3.34. The van der Waals surface area contributed by atoms with E-state index in [4.69, 9.17) is 10.5 Å². The summed E-state index contributed by atoms with van der Waals surface area (Å²) < 4.78 is 6.38. The minimum Gasteiger partial charge on any atom is -0.479 e. The number of rotatable bonds is 3. The van der Waals surface area contributed by atoms with Crippen LogP contribution in [0.5, 0.6) is 5.88 Å². The molecule has 18 heavy (non-hydrogen) atoms. The van der Waals surface area contributed by atoms with Gasteiger partial charge in [-0.15, -0.1) is 0 Å². The Morgan fingerprint density at radius 2 is 2.28 bits per heavy atom. The first-order chi connectivity index (χ1) is 8.67. The molecule has 0 bridgehead atoms. The van der Waals surface area contributed by atoms with Crippen LogP contribution in [0.15, 0.2) is 18.6 Å². The Hall–Kier alpha value is -2.64. The lowest BCUT2D eigenvalue weighted by Gasteiger charge is -2.07. The van der Waals surface area contributed by atoms with Crippen molar-refractivity contribution in [2.24, 2.45) is 0 Å². The normalized spacial score (nSPS) is 10.1. The Morgan fingerprint density at radius 3 is 2.94 bits per heavy atom. The molecule has 0 atom stereocenters. The van der Waals surface area contributed by atoms with Crippen molar-refractivity contribution in [1.29, 1.82) is 0 Å². The first kappa shape index (κ1) is 11.8. The molecule has 0 aromatic carbocycles. The summed E-state index contributed by atoms with van der Waals surface area (Å²) in [5.74, 6) is 0.335. The predicted octanol–water partition coefficient (Wildman–Crippen LogP) is -0.387. The minimum absolute atomic E-state index is 0.256. The number of nitrogen functional groups attached to an aromatic ring is 1. The average Bonchev–Trinajstić information content (AvgIpc) is 2.87. The number of ether oxygens (including phenoxy) is 1. The van der Waals surface area contributed by atoms with Crippen LogP contribution in [-0.2, 0) is 0 Å². The Kier molecular flexibility index (Phi) is 3.09. The van der Waals surface area contributed by atoms with Crippen LogP contribution in [0.2, 0.25) is 0 Å². The molecular formula is C10H12N6O2. The maximum Gasteiger partial charge on any atom is 0.271 e. The number of carbonyl (C=O) groups is 1. The van der Waals surface area contributed by atoms with E-state index < -0.39 is 0 Å².